The molecule has 8 heteroatoms. The van der Waals surface area contributed by atoms with E-state index in [1.807, 2.05) is 12.2 Å². The highest BCUT2D eigenvalue weighted by Gasteiger charge is 2.47. The van der Waals surface area contributed by atoms with E-state index in [0.717, 1.165) is 17.0 Å². The lowest BCUT2D eigenvalue weighted by Gasteiger charge is -2.15. The Balaban J connectivity index is 1.67. The third kappa shape index (κ3) is 3.42. The molecule has 25 heavy (non-hydrogen) atoms. The van der Waals surface area contributed by atoms with Crippen LogP contribution in [0.1, 0.15) is 18.4 Å². The van der Waals surface area contributed by atoms with Crippen molar-refractivity contribution in [2.45, 2.75) is 19.0 Å². The van der Waals surface area contributed by atoms with Gasteiger partial charge in [0.2, 0.25) is 17.7 Å². The van der Waals surface area contributed by atoms with Crippen molar-refractivity contribution in [3.05, 3.63) is 42.0 Å². The normalized spacial score (nSPS) is 22.9. The van der Waals surface area contributed by atoms with E-state index in [-0.39, 0.29) is 5.69 Å². The Kier molecular flexibility index (Phi) is 4.36. The number of rotatable bonds is 3. The van der Waals surface area contributed by atoms with Crippen molar-refractivity contribution in [1.82, 2.24) is 4.90 Å². The van der Waals surface area contributed by atoms with E-state index in [2.05, 4.69) is 5.32 Å². The number of carbonyl (C=O) groups is 3. The Morgan fingerprint density at radius 1 is 1.12 bits per heavy atom. The van der Waals surface area contributed by atoms with Crippen molar-refractivity contribution < 1.29 is 27.6 Å². The summed E-state index contributed by atoms with van der Waals surface area (Å²) < 4.78 is 38.1. The number of likely N-dealkylation sites (tertiary alicyclic amines) is 1. The molecule has 0 radical (unpaired) electrons. The maximum atomic E-state index is 12.7. The number of nitrogens with one attached hydrogen (secondary N) is 1. The highest BCUT2D eigenvalue weighted by molar-refractivity contribution is 6.08. The number of allylic oxidation sites excluding steroid dienone is 2. The van der Waals surface area contributed by atoms with Crippen LogP contribution in [0, 0.1) is 11.8 Å². The number of hydrogen-bond donors (Lipinski definition) is 1. The van der Waals surface area contributed by atoms with Crippen molar-refractivity contribution in [3.63, 3.8) is 0 Å². The van der Waals surface area contributed by atoms with Gasteiger partial charge in [-0.05, 0) is 31.0 Å². The quantitative estimate of drug-likeness (QED) is 0.672. The van der Waals surface area contributed by atoms with Crippen LogP contribution in [0.15, 0.2) is 36.4 Å². The molecule has 5 nitrogen and oxygen atoms in total. The highest BCUT2D eigenvalue weighted by atomic mass is 19.4. The Labute approximate surface area is 141 Å². The number of hydrogen-bond acceptors (Lipinski definition) is 3. The van der Waals surface area contributed by atoms with Gasteiger partial charge in [-0.25, -0.2) is 0 Å². The van der Waals surface area contributed by atoms with Crippen molar-refractivity contribution in [1.29, 1.82) is 0 Å². The molecule has 3 amide bonds. The first-order chi connectivity index (χ1) is 11.8. The molecule has 132 valence electrons. The number of carbonyl (C=O) groups excluding carboxylic acids is 3. The molecule has 1 aromatic rings. The van der Waals surface area contributed by atoms with Crippen LogP contribution < -0.4 is 5.32 Å². The molecule has 0 bridgehead atoms. The standard InChI is InChI=1S/C17H15F3N2O3/c18-17(19,20)10-4-3-5-11(8-10)21-14(23)9-22-15(24)12-6-1-2-7-13(12)16(22)25/h1-5,8,12-13H,6-7,9H2,(H,21,23). The number of alkyl halides is 3. The van der Waals surface area contributed by atoms with E-state index < -0.39 is 47.8 Å². The monoisotopic (exact) mass is 352 g/mol. The minimum Gasteiger partial charge on any atom is -0.325 e. The van der Waals surface area contributed by atoms with E-state index >= 15 is 0 Å². The smallest absolute Gasteiger partial charge is 0.325 e. The second kappa shape index (κ2) is 6.34. The van der Waals surface area contributed by atoms with E-state index in [0.29, 0.717) is 12.8 Å². The second-order valence-electron chi connectivity index (χ2n) is 6.05. The van der Waals surface area contributed by atoms with Crippen molar-refractivity contribution >= 4 is 23.4 Å². The van der Waals surface area contributed by atoms with Crippen molar-refractivity contribution in [3.8, 4) is 0 Å². The zero-order chi connectivity index (χ0) is 18.2. The fraction of sp³-hybridized carbons (Fsp3) is 0.353. The Bertz CT molecular complexity index is 732. The third-order valence-electron chi connectivity index (χ3n) is 4.37. The number of nitrogens with zero attached hydrogens (tertiary/aromatic N) is 1. The van der Waals surface area contributed by atoms with Crippen LogP contribution in [0.2, 0.25) is 0 Å². The maximum absolute atomic E-state index is 12.7. The number of anilines is 1. The Morgan fingerprint density at radius 3 is 2.28 bits per heavy atom. The molecule has 0 saturated carbocycles. The summed E-state index contributed by atoms with van der Waals surface area (Å²) in [7, 11) is 0. The van der Waals surface area contributed by atoms with Crippen molar-refractivity contribution in [2.75, 3.05) is 11.9 Å². The summed E-state index contributed by atoms with van der Waals surface area (Å²) in [5.41, 5.74) is -0.936. The maximum Gasteiger partial charge on any atom is 0.416 e. The molecule has 2 aliphatic rings. The van der Waals surface area contributed by atoms with Gasteiger partial charge in [0.25, 0.3) is 0 Å². The predicted molar refractivity (Wildman–Crippen MR) is 82.1 cm³/mol. The largest absolute Gasteiger partial charge is 0.416 e. The van der Waals surface area contributed by atoms with Crippen LogP contribution in [0.3, 0.4) is 0 Å². The summed E-state index contributed by atoms with van der Waals surface area (Å²) in [5, 5.41) is 2.30. The fourth-order valence-corrected chi connectivity index (χ4v) is 3.14. The molecule has 0 aromatic heterocycles. The van der Waals surface area contributed by atoms with E-state index in [1.165, 1.54) is 12.1 Å². The third-order valence-corrected chi connectivity index (χ3v) is 4.37. The first-order valence-corrected chi connectivity index (χ1v) is 7.74. The van der Waals surface area contributed by atoms with Gasteiger partial charge in [-0.2, -0.15) is 13.2 Å². The van der Waals surface area contributed by atoms with Gasteiger partial charge < -0.3 is 5.32 Å². The molecule has 1 fully saturated rings. The lowest BCUT2D eigenvalue weighted by Crippen LogP contribution is -2.38. The number of halogens is 3. The summed E-state index contributed by atoms with van der Waals surface area (Å²) in [6.07, 6.45) is 0.0589. The topological polar surface area (TPSA) is 66.5 Å². The molecule has 1 aliphatic carbocycles. The lowest BCUT2D eigenvalue weighted by molar-refractivity contribution is -0.142. The number of amides is 3. The van der Waals surface area contributed by atoms with Gasteiger partial charge in [0.05, 0.1) is 17.4 Å². The van der Waals surface area contributed by atoms with Gasteiger partial charge >= 0.3 is 6.18 Å². The fourth-order valence-electron chi connectivity index (χ4n) is 3.14. The number of imide groups is 1. The average Bonchev–Trinajstić information content (AvgIpc) is 2.80. The summed E-state index contributed by atoms with van der Waals surface area (Å²) in [6, 6.07) is 4.17. The summed E-state index contributed by atoms with van der Waals surface area (Å²) in [5.74, 6) is -2.41. The van der Waals surface area contributed by atoms with E-state index in [4.69, 9.17) is 0 Å². The molecule has 1 saturated heterocycles. The van der Waals surface area contributed by atoms with Crippen LogP contribution in [-0.4, -0.2) is 29.2 Å². The van der Waals surface area contributed by atoms with Gasteiger partial charge in [0.15, 0.2) is 0 Å². The molecule has 2 unspecified atom stereocenters. The molecule has 1 aromatic carbocycles. The zero-order valence-corrected chi connectivity index (χ0v) is 13.0. The van der Waals surface area contributed by atoms with Crippen molar-refractivity contribution in [2.24, 2.45) is 11.8 Å². The van der Waals surface area contributed by atoms with Gasteiger partial charge in [-0.1, -0.05) is 18.2 Å². The van der Waals surface area contributed by atoms with Crippen LogP contribution in [0.25, 0.3) is 0 Å². The molecule has 2 atom stereocenters. The van der Waals surface area contributed by atoms with Gasteiger partial charge in [0.1, 0.15) is 6.54 Å². The Hall–Kier alpha value is -2.64. The second-order valence-corrected chi connectivity index (χ2v) is 6.05. The van der Waals surface area contributed by atoms with E-state index in [9.17, 15) is 27.6 Å². The van der Waals surface area contributed by atoms with Gasteiger partial charge in [-0.3, -0.25) is 19.3 Å². The molecular formula is C17H15F3N2O3. The lowest BCUT2D eigenvalue weighted by atomic mass is 9.85. The molecule has 3 rings (SSSR count). The SMILES string of the molecule is O=C(CN1C(=O)C2CC=CCC2C1=O)Nc1cccc(C(F)(F)F)c1. The molecule has 1 aliphatic heterocycles. The minimum atomic E-state index is -4.52. The first-order valence-electron chi connectivity index (χ1n) is 7.74. The summed E-state index contributed by atoms with van der Waals surface area (Å²) in [6.45, 7) is -0.499. The summed E-state index contributed by atoms with van der Waals surface area (Å²) >= 11 is 0. The van der Waals surface area contributed by atoms with Crippen LogP contribution >= 0.6 is 0 Å². The minimum absolute atomic E-state index is 0.0435. The van der Waals surface area contributed by atoms with Crippen LogP contribution in [0.5, 0.6) is 0 Å². The van der Waals surface area contributed by atoms with Crippen LogP contribution in [-0.2, 0) is 20.6 Å². The number of benzene rings is 1. The first kappa shape index (κ1) is 17.2. The molecule has 1 N–H and O–H groups in total. The van der Waals surface area contributed by atoms with Gasteiger partial charge in [0, 0.05) is 5.69 Å². The Morgan fingerprint density at radius 2 is 1.72 bits per heavy atom. The van der Waals surface area contributed by atoms with Crippen LogP contribution in [0.4, 0.5) is 18.9 Å². The zero-order valence-electron chi connectivity index (χ0n) is 13.0. The molecular weight excluding hydrogens is 337 g/mol. The van der Waals surface area contributed by atoms with Gasteiger partial charge in [-0.15, -0.1) is 0 Å². The molecule has 0 spiro atoms. The molecule has 1 heterocycles. The highest BCUT2D eigenvalue weighted by Crippen LogP contribution is 2.35. The predicted octanol–water partition coefficient (Wildman–Crippen LogP) is 2.60. The van der Waals surface area contributed by atoms with E-state index in [1.54, 1.807) is 0 Å². The average molecular weight is 352 g/mol. The summed E-state index contributed by atoms with van der Waals surface area (Å²) in [4.78, 5) is 37.5. The number of fused-ring (bicyclic) bond motifs is 1.